The van der Waals surface area contributed by atoms with E-state index in [-0.39, 0.29) is 6.47 Å². The molecule has 0 radical (unpaired) electrons. The second-order valence-corrected chi connectivity index (χ2v) is 0.781. The Hall–Kier alpha value is -1.38. The number of rotatable bonds is 2. The predicted octanol–water partition coefficient (Wildman–Crippen LogP) is -2.33. The van der Waals surface area contributed by atoms with Gasteiger partial charge in [0.2, 0.25) is 0 Å². The van der Waals surface area contributed by atoms with Gasteiger partial charge in [-0.25, -0.2) is 16.5 Å². The number of amides is 1. The van der Waals surface area contributed by atoms with Crippen LogP contribution in [0, 0.1) is 0 Å². The van der Waals surface area contributed by atoms with Crippen LogP contribution in [0.4, 0.5) is 4.79 Å². The van der Waals surface area contributed by atoms with Crippen LogP contribution >= 0.6 is 0 Å². The molecule has 0 aromatic carbocycles. The van der Waals surface area contributed by atoms with E-state index < -0.39 is 6.09 Å². The van der Waals surface area contributed by atoms with Crippen LogP contribution in [-0.4, -0.2) is 17.7 Å². The van der Waals surface area contributed by atoms with E-state index in [1.165, 1.54) is 5.43 Å². The summed E-state index contributed by atoms with van der Waals surface area (Å²) in [5.74, 6) is 8.76. The van der Waals surface area contributed by atoms with E-state index in [1.807, 2.05) is 0 Å². The first-order chi connectivity index (χ1) is 4.68. The average molecular weight is 152 g/mol. The van der Waals surface area contributed by atoms with Gasteiger partial charge in [-0.05, 0) is 0 Å². The number of hydrogen-bond acceptors (Lipinski definition) is 6. The summed E-state index contributed by atoms with van der Waals surface area (Å²) in [6, 6.07) is 0. The molecule has 0 saturated carbocycles. The molecule has 8 nitrogen and oxygen atoms in total. The van der Waals surface area contributed by atoms with Gasteiger partial charge in [0.05, 0.1) is 0 Å². The SMILES string of the molecule is NNC(=O)O.NNOC=O. The quantitative estimate of drug-likeness (QED) is 0.129. The van der Waals surface area contributed by atoms with Crippen LogP contribution in [0.3, 0.4) is 0 Å². The molecule has 0 aromatic heterocycles. The zero-order chi connectivity index (χ0) is 8.41. The Kier molecular flexibility index (Phi) is 12.1. The fourth-order valence-corrected chi connectivity index (χ4v) is 0.0278. The second kappa shape index (κ2) is 10.6. The molecule has 7 N–H and O–H groups in total. The first-order valence-corrected chi connectivity index (χ1v) is 1.93. The lowest BCUT2D eigenvalue weighted by molar-refractivity contribution is -0.135. The molecule has 10 heavy (non-hydrogen) atoms. The van der Waals surface area contributed by atoms with Crippen molar-refractivity contribution in [1.82, 2.24) is 11.0 Å². The fraction of sp³-hybridized carbons (Fsp3) is 0. The van der Waals surface area contributed by atoms with Crippen LogP contribution in [0.15, 0.2) is 0 Å². The molecule has 60 valence electrons. The van der Waals surface area contributed by atoms with E-state index in [2.05, 4.69) is 16.5 Å². The molecule has 0 fully saturated rings. The highest BCUT2D eigenvalue weighted by Gasteiger charge is 1.77. The van der Waals surface area contributed by atoms with Crippen LogP contribution < -0.4 is 22.7 Å². The van der Waals surface area contributed by atoms with Gasteiger partial charge < -0.3 is 9.94 Å². The third-order valence-corrected chi connectivity index (χ3v) is 0.240. The van der Waals surface area contributed by atoms with Crippen LogP contribution in [0.25, 0.3) is 0 Å². The third kappa shape index (κ3) is 30.5. The smallest absolute Gasteiger partial charge is 0.418 e. The van der Waals surface area contributed by atoms with Gasteiger partial charge in [-0.2, -0.15) is 0 Å². The number of carboxylic acid groups (broad SMARTS) is 1. The highest BCUT2D eigenvalue weighted by atomic mass is 16.7. The molecular formula is C2H8N4O4. The van der Waals surface area contributed by atoms with Crippen molar-refractivity contribution in [1.29, 1.82) is 0 Å². The van der Waals surface area contributed by atoms with Crippen LogP contribution in [-0.2, 0) is 9.63 Å². The lowest BCUT2D eigenvalue weighted by Crippen LogP contribution is -2.27. The Morgan fingerprint density at radius 1 is 1.60 bits per heavy atom. The van der Waals surface area contributed by atoms with Gasteiger partial charge in [0.25, 0.3) is 0 Å². The maximum absolute atomic E-state index is 9.13. The van der Waals surface area contributed by atoms with E-state index in [4.69, 9.17) is 14.7 Å². The molecule has 0 atom stereocenters. The number of carbonyl (C=O) groups excluding carboxylic acids is 1. The summed E-state index contributed by atoms with van der Waals surface area (Å²) in [7, 11) is 0. The van der Waals surface area contributed by atoms with Gasteiger partial charge in [-0.1, -0.05) is 5.59 Å². The zero-order valence-corrected chi connectivity index (χ0v) is 4.90. The minimum Gasteiger partial charge on any atom is -0.464 e. The lowest BCUT2D eigenvalue weighted by atomic mass is 11.3. The van der Waals surface area contributed by atoms with E-state index in [0.29, 0.717) is 0 Å². The number of carbonyl (C=O) groups is 2. The summed E-state index contributed by atoms with van der Waals surface area (Å²) in [6.07, 6.45) is -1.22. The molecule has 0 aliphatic heterocycles. The molecule has 0 spiro atoms. The average Bonchev–Trinajstić information content (AvgIpc) is 1.91. The molecule has 0 rings (SSSR count). The van der Waals surface area contributed by atoms with Crippen LogP contribution in [0.1, 0.15) is 0 Å². The Morgan fingerprint density at radius 3 is 2.00 bits per heavy atom. The van der Waals surface area contributed by atoms with Crippen molar-refractivity contribution in [2.75, 3.05) is 0 Å². The molecule has 8 heteroatoms. The zero-order valence-electron chi connectivity index (χ0n) is 4.90. The minimum atomic E-state index is -1.22. The molecule has 0 aliphatic rings. The van der Waals surface area contributed by atoms with Crippen molar-refractivity contribution in [2.45, 2.75) is 0 Å². The molecule has 0 unspecified atom stereocenters. The monoisotopic (exact) mass is 152 g/mol. The third-order valence-electron chi connectivity index (χ3n) is 0.240. The van der Waals surface area contributed by atoms with E-state index in [1.54, 1.807) is 5.59 Å². The molecule has 0 bridgehead atoms. The number of hydrazine groups is 2. The van der Waals surface area contributed by atoms with Gasteiger partial charge in [0.1, 0.15) is 0 Å². The summed E-state index contributed by atoms with van der Waals surface area (Å²) in [5.41, 5.74) is 3.09. The highest BCUT2D eigenvalue weighted by Crippen LogP contribution is 1.42. The summed E-state index contributed by atoms with van der Waals surface area (Å²) in [6.45, 7) is 0.194. The highest BCUT2D eigenvalue weighted by molar-refractivity contribution is 5.63. The maximum Gasteiger partial charge on any atom is 0.418 e. The summed E-state index contributed by atoms with van der Waals surface area (Å²) in [5, 5.41) is 7.49. The van der Waals surface area contributed by atoms with Crippen LogP contribution in [0.5, 0.6) is 0 Å². The maximum atomic E-state index is 9.13. The van der Waals surface area contributed by atoms with E-state index >= 15 is 0 Å². The minimum absolute atomic E-state index is 0.194. The normalized spacial score (nSPS) is 6.60. The van der Waals surface area contributed by atoms with E-state index in [9.17, 15) is 0 Å². The van der Waals surface area contributed by atoms with Gasteiger partial charge >= 0.3 is 12.6 Å². The van der Waals surface area contributed by atoms with Crippen molar-refractivity contribution in [3.05, 3.63) is 0 Å². The van der Waals surface area contributed by atoms with Crippen molar-refractivity contribution in [3.63, 3.8) is 0 Å². The predicted molar refractivity (Wildman–Crippen MR) is 29.8 cm³/mol. The van der Waals surface area contributed by atoms with Gasteiger partial charge in [-0.15, -0.1) is 0 Å². The lowest BCUT2D eigenvalue weighted by Gasteiger charge is -1.82. The van der Waals surface area contributed by atoms with Crippen molar-refractivity contribution >= 4 is 12.6 Å². The fourth-order valence-electron chi connectivity index (χ4n) is 0.0278. The molecule has 0 aromatic rings. The Labute approximate surface area is 56.0 Å². The van der Waals surface area contributed by atoms with Crippen molar-refractivity contribution in [2.24, 2.45) is 11.7 Å². The molecule has 1 amide bonds. The van der Waals surface area contributed by atoms with Gasteiger partial charge in [-0.3, -0.25) is 10.2 Å². The Balaban J connectivity index is 0. The topological polar surface area (TPSA) is 140 Å². The molecular weight excluding hydrogens is 144 g/mol. The summed E-state index contributed by atoms with van der Waals surface area (Å²) < 4.78 is 0. The van der Waals surface area contributed by atoms with Crippen molar-refractivity contribution in [3.8, 4) is 0 Å². The van der Waals surface area contributed by atoms with Gasteiger partial charge in [0, 0.05) is 0 Å². The van der Waals surface area contributed by atoms with Crippen molar-refractivity contribution < 1.29 is 19.5 Å². The molecule has 0 heterocycles. The second-order valence-electron chi connectivity index (χ2n) is 0.781. The largest absolute Gasteiger partial charge is 0.464 e. The number of nitrogens with two attached hydrogens (primary N) is 2. The number of nitrogens with one attached hydrogen (secondary N) is 2. The molecule has 0 saturated heterocycles. The summed E-state index contributed by atoms with van der Waals surface area (Å²) in [4.78, 5) is 21.9. The standard InChI is InChI=1S/2CH4N2O2/c2-3-5-1-4;2-3-1(4)5/h1,3H,2H2;3H,2H2,(H,4,5). The van der Waals surface area contributed by atoms with Crippen LogP contribution in [0.2, 0.25) is 0 Å². The van der Waals surface area contributed by atoms with Gasteiger partial charge in [0.15, 0.2) is 0 Å². The first-order valence-electron chi connectivity index (χ1n) is 1.93. The Morgan fingerprint density at radius 2 is 2.00 bits per heavy atom. The summed E-state index contributed by atoms with van der Waals surface area (Å²) >= 11 is 0. The van der Waals surface area contributed by atoms with E-state index in [0.717, 1.165) is 0 Å². The Bertz CT molecular complexity index is 95.3. The number of hydrogen-bond donors (Lipinski definition) is 5. The molecule has 0 aliphatic carbocycles. The first kappa shape index (κ1) is 11.4.